The first-order chi connectivity index (χ1) is 7.54. The monoisotopic (exact) mass is 236 g/mol. The SMILES string of the molecule is CCC(C)NC(=S)Nc1cccc(C)c1C. The van der Waals surface area contributed by atoms with Gasteiger partial charge in [-0.3, -0.25) is 0 Å². The standard InChI is InChI=1S/C13H20N2S/c1-5-10(3)14-13(16)15-12-8-6-7-9(2)11(12)4/h6-8,10H,5H2,1-4H3,(H2,14,15,16). The van der Waals surface area contributed by atoms with Crippen LogP contribution in [0.25, 0.3) is 0 Å². The Morgan fingerprint density at radius 3 is 2.69 bits per heavy atom. The van der Waals surface area contributed by atoms with Crippen LogP contribution in [0.5, 0.6) is 0 Å². The van der Waals surface area contributed by atoms with Crippen molar-refractivity contribution in [3.05, 3.63) is 29.3 Å². The van der Waals surface area contributed by atoms with Gasteiger partial charge in [-0.25, -0.2) is 0 Å². The molecule has 0 saturated heterocycles. The van der Waals surface area contributed by atoms with Crippen molar-refractivity contribution in [1.82, 2.24) is 5.32 Å². The zero-order valence-electron chi connectivity index (χ0n) is 10.4. The lowest BCUT2D eigenvalue weighted by Gasteiger charge is -2.17. The van der Waals surface area contributed by atoms with Crippen molar-refractivity contribution in [1.29, 1.82) is 0 Å². The number of nitrogens with one attached hydrogen (secondary N) is 2. The van der Waals surface area contributed by atoms with Gasteiger partial charge < -0.3 is 10.6 Å². The van der Waals surface area contributed by atoms with Gasteiger partial charge in [0, 0.05) is 11.7 Å². The predicted molar refractivity (Wildman–Crippen MR) is 75.0 cm³/mol. The lowest BCUT2D eigenvalue weighted by molar-refractivity contribution is 0.646. The normalized spacial score (nSPS) is 12.0. The molecule has 2 N–H and O–H groups in total. The fourth-order valence-corrected chi connectivity index (χ4v) is 1.68. The third-order valence-corrected chi connectivity index (χ3v) is 3.06. The zero-order chi connectivity index (χ0) is 12.1. The van der Waals surface area contributed by atoms with Gasteiger partial charge in [-0.1, -0.05) is 19.1 Å². The second-order valence-corrected chi connectivity index (χ2v) is 4.56. The van der Waals surface area contributed by atoms with Crippen molar-refractivity contribution < 1.29 is 0 Å². The number of aryl methyl sites for hydroxylation is 1. The maximum Gasteiger partial charge on any atom is 0.170 e. The van der Waals surface area contributed by atoms with Crippen molar-refractivity contribution in [2.24, 2.45) is 0 Å². The van der Waals surface area contributed by atoms with Gasteiger partial charge >= 0.3 is 0 Å². The molecule has 1 atom stereocenters. The van der Waals surface area contributed by atoms with E-state index in [1.54, 1.807) is 0 Å². The van der Waals surface area contributed by atoms with Crippen LogP contribution in [0.2, 0.25) is 0 Å². The maximum atomic E-state index is 5.26. The number of benzene rings is 1. The summed E-state index contributed by atoms with van der Waals surface area (Å²) in [4.78, 5) is 0. The van der Waals surface area contributed by atoms with E-state index in [-0.39, 0.29) is 0 Å². The second kappa shape index (κ2) is 5.85. The van der Waals surface area contributed by atoms with Crippen LogP contribution >= 0.6 is 12.2 Å². The molecule has 0 aliphatic heterocycles. The average Bonchev–Trinajstić information content (AvgIpc) is 2.24. The van der Waals surface area contributed by atoms with Crippen molar-refractivity contribution in [2.45, 2.75) is 40.2 Å². The molecule has 0 amide bonds. The Kier molecular flexibility index (Phi) is 4.74. The third kappa shape index (κ3) is 3.49. The van der Waals surface area contributed by atoms with Gasteiger partial charge in [0.2, 0.25) is 0 Å². The van der Waals surface area contributed by atoms with Crippen molar-refractivity contribution in [2.75, 3.05) is 5.32 Å². The Morgan fingerprint density at radius 1 is 1.38 bits per heavy atom. The summed E-state index contributed by atoms with van der Waals surface area (Å²) in [6.45, 7) is 8.46. The van der Waals surface area contributed by atoms with Crippen LogP contribution in [0.3, 0.4) is 0 Å². The second-order valence-electron chi connectivity index (χ2n) is 4.16. The van der Waals surface area contributed by atoms with E-state index < -0.39 is 0 Å². The van der Waals surface area contributed by atoms with Crippen molar-refractivity contribution in [3.8, 4) is 0 Å². The smallest absolute Gasteiger partial charge is 0.170 e. The van der Waals surface area contributed by atoms with Gasteiger partial charge in [0.25, 0.3) is 0 Å². The quantitative estimate of drug-likeness (QED) is 0.787. The molecule has 0 bridgehead atoms. The Balaban J connectivity index is 2.66. The average molecular weight is 236 g/mol. The molecule has 16 heavy (non-hydrogen) atoms. The number of hydrogen-bond acceptors (Lipinski definition) is 1. The van der Waals surface area contributed by atoms with E-state index in [1.165, 1.54) is 11.1 Å². The van der Waals surface area contributed by atoms with Gasteiger partial charge in [0.1, 0.15) is 0 Å². The van der Waals surface area contributed by atoms with Gasteiger partial charge in [-0.05, 0) is 56.6 Å². The first kappa shape index (κ1) is 13.0. The minimum absolute atomic E-state index is 0.408. The summed E-state index contributed by atoms with van der Waals surface area (Å²) in [6.07, 6.45) is 1.06. The van der Waals surface area contributed by atoms with E-state index >= 15 is 0 Å². The molecule has 88 valence electrons. The molecule has 1 unspecified atom stereocenters. The van der Waals surface area contributed by atoms with E-state index in [1.807, 2.05) is 12.1 Å². The van der Waals surface area contributed by atoms with Gasteiger partial charge in [-0.2, -0.15) is 0 Å². The van der Waals surface area contributed by atoms with E-state index in [0.717, 1.165) is 12.1 Å². The lowest BCUT2D eigenvalue weighted by Crippen LogP contribution is -2.35. The molecule has 0 aliphatic carbocycles. The molecule has 3 heteroatoms. The van der Waals surface area contributed by atoms with Crippen LogP contribution in [0.4, 0.5) is 5.69 Å². The van der Waals surface area contributed by atoms with Crippen molar-refractivity contribution in [3.63, 3.8) is 0 Å². The highest BCUT2D eigenvalue weighted by molar-refractivity contribution is 7.80. The first-order valence-corrected chi connectivity index (χ1v) is 6.09. The molecule has 0 aliphatic rings. The van der Waals surface area contributed by atoms with Crippen LogP contribution in [0.1, 0.15) is 31.4 Å². The zero-order valence-corrected chi connectivity index (χ0v) is 11.2. The Bertz CT molecular complexity index is 374. The van der Waals surface area contributed by atoms with E-state index in [0.29, 0.717) is 11.2 Å². The molecule has 0 saturated carbocycles. The number of thiocarbonyl (C=S) groups is 1. The minimum atomic E-state index is 0.408. The summed E-state index contributed by atoms with van der Waals surface area (Å²) >= 11 is 5.26. The molecule has 1 aromatic carbocycles. The fraction of sp³-hybridized carbons (Fsp3) is 0.462. The van der Waals surface area contributed by atoms with E-state index in [9.17, 15) is 0 Å². The molecule has 1 aromatic rings. The predicted octanol–water partition coefficient (Wildman–Crippen LogP) is 3.39. The number of hydrogen-bond donors (Lipinski definition) is 2. The fourth-order valence-electron chi connectivity index (χ4n) is 1.37. The molecular formula is C13H20N2S. The van der Waals surface area contributed by atoms with E-state index in [2.05, 4.69) is 44.4 Å². The van der Waals surface area contributed by atoms with Crippen LogP contribution in [0.15, 0.2) is 18.2 Å². The van der Waals surface area contributed by atoms with Gasteiger partial charge in [0.05, 0.1) is 0 Å². The number of anilines is 1. The topological polar surface area (TPSA) is 24.1 Å². The summed E-state index contributed by atoms with van der Waals surface area (Å²) in [5.41, 5.74) is 3.60. The Hall–Kier alpha value is -1.09. The molecule has 0 heterocycles. The molecule has 0 radical (unpaired) electrons. The minimum Gasteiger partial charge on any atom is -0.360 e. The Morgan fingerprint density at radius 2 is 2.06 bits per heavy atom. The molecule has 2 nitrogen and oxygen atoms in total. The molecular weight excluding hydrogens is 216 g/mol. The largest absolute Gasteiger partial charge is 0.360 e. The summed E-state index contributed by atoms with van der Waals surface area (Å²) in [5.74, 6) is 0. The summed E-state index contributed by atoms with van der Waals surface area (Å²) < 4.78 is 0. The van der Waals surface area contributed by atoms with Crippen LogP contribution in [-0.2, 0) is 0 Å². The Labute approximate surface area is 103 Å². The van der Waals surface area contributed by atoms with Gasteiger partial charge in [0.15, 0.2) is 5.11 Å². The highest BCUT2D eigenvalue weighted by Crippen LogP contribution is 2.17. The van der Waals surface area contributed by atoms with Crippen molar-refractivity contribution >= 4 is 23.0 Å². The lowest BCUT2D eigenvalue weighted by atomic mass is 10.1. The molecule has 0 fully saturated rings. The van der Waals surface area contributed by atoms with Crippen LogP contribution in [0, 0.1) is 13.8 Å². The third-order valence-electron chi connectivity index (χ3n) is 2.84. The number of rotatable bonds is 3. The molecule has 0 aromatic heterocycles. The molecule has 1 rings (SSSR count). The molecule has 0 spiro atoms. The van der Waals surface area contributed by atoms with E-state index in [4.69, 9.17) is 12.2 Å². The summed E-state index contributed by atoms with van der Waals surface area (Å²) in [6, 6.07) is 6.60. The highest BCUT2D eigenvalue weighted by atomic mass is 32.1. The summed E-state index contributed by atoms with van der Waals surface area (Å²) in [7, 11) is 0. The first-order valence-electron chi connectivity index (χ1n) is 5.68. The van der Waals surface area contributed by atoms with Crippen LogP contribution < -0.4 is 10.6 Å². The van der Waals surface area contributed by atoms with Crippen LogP contribution in [-0.4, -0.2) is 11.2 Å². The maximum absolute atomic E-state index is 5.26. The summed E-state index contributed by atoms with van der Waals surface area (Å²) in [5, 5.41) is 7.18. The highest BCUT2D eigenvalue weighted by Gasteiger charge is 2.04. The van der Waals surface area contributed by atoms with Gasteiger partial charge in [-0.15, -0.1) is 0 Å².